The maximum Gasteiger partial charge on any atom is 0.172 e. The Balaban J connectivity index is 2.48. The number of nitrogens with zero attached hydrogens (tertiary/aromatic N) is 4. The van der Waals surface area contributed by atoms with Gasteiger partial charge >= 0.3 is 0 Å². The molecule has 98 valence electrons. The lowest BCUT2D eigenvalue weighted by molar-refractivity contribution is 1.02. The van der Waals surface area contributed by atoms with E-state index in [4.69, 9.17) is 24.4 Å². The summed E-state index contributed by atoms with van der Waals surface area (Å²) in [6, 6.07) is 3.67. The van der Waals surface area contributed by atoms with Crippen LogP contribution in [0.15, 0.2) is 36.9 Å². The molecule has 2 heterocycles. The van der Waals surface area contributed by atoms with E-state index in [0.717, 1.165) is 0 Å². The summed E-state index contributed by atoms with van der Waals surface area (Å²) in [5, 5.41) is 3.12. The van der Waals surface area contributed by atoms with Crippen molar-refractivity contribution in [3.63, 3.8) is 0 Å². The Labute approximate surface area is 131 Å². The molecule has 0 aliphatic heterocycles. The van der Waals surface area contributed by atoms with E-state index in [0.29, 0.717) is 16.0 Å². The Bertz CT molecular complexity index is 571. The Morgan fingerprint density at radius 2 is 1.89 bits per heavy atom. The molecule has 9 heteroatoms. The number of anilines is 2. The SMILES string of the molecule is S=C(S)N(c1cnccn1)N(C(=S)S)c1ccc[nH]1. The quantitative estimate of drug-likeness (QED) is 0.447. The first-order valence-electron chi connectivity index (χ1n) is 5.06. The van der Waals surface area contributed by atoms with Gasteiger partial charge in [-0.15, -0.1) is 25.3 Å². The lowest BCUT2D eigenvalue weighted by atomic mass is 10.6. The first-order chi connectivity index (χ1) is 9.11. The number of H-pyrrole nitrogens is 1. The van der Waals surface area contributed by atoms with Gasteiger partial charge < -0.3 is 4.98 Å². The van der Waals surface area contributed by atoms with Crippen LogP contribution in [0, 0.1) is 0 Å². The van der Waals surface area contributed by atoms with Crippen molar-refractivity contribution >= 4 is 70.0 Å². The molecule has 19 heavy (non-hydrogen) atoms. The van der Waals surface area contributed by atoms with Crippen LogP contribution in [0.4, 0.5) is 11.6 Å². The van der Waals surface area contributed by atoms with Crippen LogP contribution in [0.5, 0.6) is 0 Å². The fraction of sp³-hybridized carbons (Fsp3) is 0. The summed E-state index contributed by atoms with van der Waals surface area (Å²) in [7, 11) is 0. The van der Waals surface area contributed by atoms with Crippen molar-refractivity contribution in [3.8, 4) is 0 Å². The minimum Gasteiger partial charge on any atom is -0.347 e. The third kappa shape index (κ3) is 3.24. The second-order valence-electron chi connectivity index (χ2n) is 3.31. The minimum atomic E-state index is 0.270. The van der Waals surface area contributed by atoms with Gasteiger partial charge in [-0.2, -0.15) is 0 Å². The maximum atomic E-state index is 5.15. The topological polar surface area (TPSA) is 48.1 Å². The van der Waals surface area contributed by atoms with Crippen molar-refractivity contribution in [1.29, 1.82) is 0 Å². The van der Waals surface area contributed by atoms with Gasteiger partial charge in [-0.1, -0.05) is 24.4 Å². The van der Waals surface area contributed by atoms with Crippen molar-refractivity contribution < 1.29 is 0 Å². The van der Waals surface area contributed by atoms with Crippen LogP contribution in [0.3, 0.4) is 0 Å². The highest BCUT2D eigenvalue weighted by atomic mass is 32.1. The van der Waals surface area contributed by atoms with Crippen LogP contribution >= 0.6 is 49.7 Å². The summed E-state index contributed by atoms with van der Waals surface area (Å²) in [6.07, 6.45) is 6.46. The summed E-state index contributed by atoms with van der Waals surface area (Å²) in [4.78, 5) is 11.2. The summed E-state index contributed by atoms with van der Waals surface area (Å²) in [5.74, 6) is 1.19. The normalized spacial score (nSPS) is 10.0. The van der Waals surface area contributed by atoms with E-state index >= 15 is 0 Å². The van der Waals surface area contributed by atoms with Crippen molar-refractivity contribution in [3.05, 3.63) is 36.9 Å². The van der Waals surface area contributed by atoms with Gasteiger partial charge in [0.25, 0.3) is 0 Å². The summed E-state index contributed by atoms with van der Waals surface area (Å²) < 4.78 is 0.566. The standard InChI is InChI=1S/C10H9N5S4/c16-9(17)14(7-2-1-3-12-7)15(10(18)19)8-6-11-4-5-13-8/h1-6,12H,(H,16,17)(H,18,19). The number of rotatable bonds is 2. The van der Waals surface area contributed by atoms with Crippen molar-refractivity contribution in [2.75, 3.05) is 10.0 Å². The molecule has 0 saturated heterocycles. The van der Waals surface area contributed by atoms with Gasteiger partial charge in [-0.05, 0) is 12.1 Å². The predicted octanol–water partition coefficient (Wildman–Crippen LogP) is 2.46. The molecule has 0 aliphatic carbocycles. The molecule has 0 radical (unpaired) electrons. The van der Waals surface area contributed by atoms with Crippen molar-refractivity contribution in [2.24, 2.45) is 0 Å². The number of aromatic amines is 1. The van der Waals surface area contributed by atoms with E-state index < -0.39 is 0 Å². The molecule has 5 nitrogen and oxygen atoms in total. The van der Waals surface area contributed by atoms with E-state index in [1.54, 1.807) is 29.8 Å². The summed E-state index contributed by atoms with van der Waals surface area (Å²) in [5.41, 5.74) is 0. The number of hydrogen-bond acceptors (Lipinski definition) is 4. The average Bonchev–Trinajstić information content (AvgIpc) is 2.89. The molecule has 2 aromatic heterocycles. The Morgan fingerprint density at radius 3 is 2.37 bits per heavy atom. The summed E-state index contributed by atoms with van der Waals surface area (Å²) >= 11 is 18.7. The molecule has 0 aliphatic rings. The highest BCUT2D eigenvalue weighted by Crippen LogP contribution is 2.22. The zero-order chi connectivity index (χ0) is 13.8. The molecule has 0 unspecified atom stereocenters. The van der Waals surface area contributed by atoms with Gasteiger partial charge in [0, 0.05) is 18.6 Å². The predicted molar refractivity (Wildman–Crippen MR) is 91.0 cm³/mol. The van der Waals surface area contributed by atoms with Gasteiger partial charge in [0.15, 0.2) is 14.5 Å². The Morgan fingerprint density at radius 1 is 1.16 bits per heavy atom. The molecule has 0 aromatic carbocycles. The minimum absolute atomic E-state index is 0.270. The van der Waals surface area contributed by atoms with Gasteiger partial charge in [-0.3, -0.25) is 4.98 Å². The van der Waals surface area contributed by atoms with Gasteiger partial charge in [0.05, 0.1) is 6.20 Å². The monoisotopic (exact) mass is 327 g/mol. The molecular weight excluding hydrogens is 318 g/mol. The molecule has 0 atom stereocenters. The van der Waals surface area contributed by atoms with Crippen molar-refractivity contribution in [2.45, 2.75) is 0 Å². The third-order valence-electron chi connectivity index (χ3n) is 2.14. The van der Waals surface area contributed by atoms with Gasteiger partial charge in [0.2, 0.25) is 0 Å². The number of nitrogens with one attached hydrogen (secondary N) is 1. The van der Waals surface area contributed by atoms with Gasteiger partial charge in [-0.25, -0.2) is 15.0 Å². The highest BCUT2D eigenvalue weighted by Gasteiger charge is 2.23. The smallest absolute Gasteiger partial charge is 0.172 e. The largest absolute Gasteiger partial charge is 0.347 e. The number of thiocarbonyl (C=S) groups is 2. The van der Waals surface area contributed by atoms with Gasteiger partial charge in [0.1, 0.15) is 5.82 Å². The lowest BCUT2D eigenvalue weighted by Gasteiger charge is -2.33. The molecular formula is C10H9N5S4. The number of hydrazine groups is 1. The molecule has 0 bridgehead atoms. The fourth-order valence-electron chi connectivity index (χ4n) is 1.44. The van der Waals surface area contributed by atoms with E-state index in [2.05, 4.69) is 40.2 Å². The number of thiol groups is 2. The average molecular weight is 327 g/mol. The highest BCUT2D eigenvalue weighted by molar-refractivity contribution is 8.12. The zero-order valence-corrected chi connectivity index (χ0v) is 12.9. The van der Waals surface area contributed by atoms with E-state index in [1.807, 2.05) is 12.1 Å². The molecule has 0 amide bonds. The lowest BCUT2D eigenvalue weighted by Crippen LogP contribution is -2.47. The van der Waals surface area contributed by atoms with Crippen LogP contribution in [0.1, 0.15) is 0 Å². The summed E-state index contributed by atoms with van der Waals surface area (Å²) in [6.45, 7) is 0. The van der Waals surface area contributed by atoms with Crippen LogP contribution in [-0.2, 0) is 0 Å². The molecule has 2 rings (SSSR count). The number of aromatic nitrogens is 3. The Hall–Kier alpha value is -1.16. The van der Waals surface area contributed by atoms with Crippen LogP contribution in [0.25, 0.3) is 0 Å². The third-order valence-corrected chi connectivity index (χ3v) is 2.86. The van der Waals surface area contributed by atoms with Crippen molar-refractivity contribution in [1.82, 2.24) is 15.0 Å². The molecule has 2 aromatic rings. The maximum absolute atomic E-state index is 5.15. The van der Waals surface area contributed by atoms with Crippen LogP contribution in [0.2, 0.25) is 0 Å². The van der Waals surface area contributed by atoms with Crippen LogP contribution in [-0.4, -0.2) is 23.6 Å². The van der Waals surface area contributed by atoms with Crippen LogP contribution < -0.4 is 10.0 Å². The second-order valence-corrected chi connectivity index (χ2v) is 5.53. The fourth-order valence-corrected chi connectivity index (χ4v) is 2.18. The first kappa shape index (κ1) is 14.3. The van der Waals surface area contributed by atoms with E-state index in [1.165, 1.54) is 5.01 Å². The second kappa shape index (κ2) is 6.33. The van der Waals surface area contributed by atoms with E-state index in [9.17, 15) is 0 Å². The first-order valence-corrected chi connectivity index (χ1v) is 6.78. The molecule has 0 fully saturated rings. The number of hydrogen-bond donors (Lipinski definition) is 3. The molecule has 1 N–H and O–H groups in total. The van der Waals surface area contributed by atoms with E-state index in [-0.39, 0.29) is 4.32 Å². The zero-order valence-electron chi connectivity index (χ0n) is 9.46. The molecule has 0 saturated carbocycles. The molecule has 0 spiro atoms. The Kier molecular flexibility index (Phi) is 4.75.